The average molecular weight is 237 g/mol. The molecule has 0 rings (SSSR count). The molecule has 0 saturated carbocycles. The fourth-order valence-corrected chi connectivity index (χ4v) is 1.09. The second kappa shape index (κ2) is 11.9. The third kappa shape index (κ3) is 11.9. The summed E-state index contributed by atoms with van der Waals surface area (Å²) in [6.07, 6.45) is 6.40. The van der Waals surface area contributed by atoms with Crippen molar-refractivity contribution in [2.24, 2.45) is 5.73 Å². The van der Waals surface area contributed by atoms with Gasteiger partial charge >= 0.3 is 0 Å². The van der Waals surface area contributed by atoms with Crippen LogP contribution in [-0.2, 0) is 26.6 Å². The van der Waals surface area contributed by atoms with Gasteiger partial charge in [-0.25, -0.2) is 0 Å². The first kappa shape index (κ1) is 15.4. The predicted molar refractivity (Wildman–Crippen MR) is 48.5 cm³/mol. The third-order valence-corrected chi connectivity index (χ3v) is 1.82. The van der Waals surface area contributed by atoms with Gasteiger partial charge in [0.2, 0.25) is 0 Å². The minimum absolute atomic E-state index is 0. The summed E-state index contributed by atoms with van der Waals surface area (Å²) in [4.78, 5) is 9.85. The molecule has 1 atom stereocenters. The quantitative estimate of drug-likeness (QED) is 0.303. The Morgan fingerprint density at radius 3 is 2.46 bits per heavy atom. The number of nitrogens with two attached hydrogens (primary N) is 1. The SMILES string of the molecule is CCCCCCCC(N)OC=O.[Cu]. The summed E-state index contributed by atoms with van der Waals surface area (Å²) < 4.78 is 4.55. The predicted octanol–water partition coefficient (Wildman–Crippen LogP) is 1.80. The van der Waals surface area contributed by atoms with E-state index >= 15 is 0 Å². The van der Waals surface area contributed by atoms with E-state index < -0.39 is 6.23 Å². The summed E-state index contributed by atoms with van der Waals surface area (Å²) >= 11 is 0. The Hall–Kier alpha value is -0.0505. The molecule has 0 fully saturated rings. The largest absolute Gasteiger partial charge is 0.449 e. The maximum Gasteiger partial charge on any atom is 0.294 e. The van der Waals surface area contributed by atoms with Gasteiger partial charge in [-0.05, 0) is 12.8 Å². The van der Waals surface area contributed by atoms with Crippen LogP contribution in [0.1, 0.15) is 45.4 Å². The van der Waals surface area contributed by atoms with E-state index in [1.165, 1.54) is 25.7 Å². The van der Waals surface area contributed by atoms with Crippen LogP contribution >= 0.6 is 0 Å². The van der Waals surface area contributed by atoms with Crippen LogP contribution < -0.4 is 5.73 Å². The van der Waals surface area contributed by atoms with E-state index in [-0.39, 0.29) is 17.1 Å². The van der Waals surface area contributed by atoms with Gasteiger partial charge in [0.05, 0.1) is 0 Å². The average Bonchev–Trinajstić information content (AvgIpc) is 2.05. The molecule has 0 saturated heterocycles. The standard InChI is InChI=1S/C9H19NO2.Cu/c1-2-3-4-5-6-7-9(10)12-8-11;/h8-9H,2-7,10H2,1H3;. The molecule has 0 aromatic heterocycles. The normalized spacial score (nSPS) is 11.5. The van der Waals surface area contributed by atoms with Gasteiger partial charge in [0.25, 0.3) is 6.47 Å². The number of carbonyl (C=O) groups excluding carboxylic acids is 1. The van der Waals surface area contributed by atoms with Crippen molar-refractivity contribution in [3.8, 4) is 0 Å². The van der Waals surface area contributed by atoms with E-state index in [2.05, 4.69) is 11.7 Å². The molecule has 0 aliphatic rings. The number of rotatable bonds is 8. The Morgan fingerprint density at radius 2 is 1.92 bits per heavy atom. The van der Waals surface area contributed by atoms with Crippen LogP contribution in [-0.4, -0.2) is 12.7 Å². The first-order valence-electron chi connectivity index (χ1n) is 4.66. The fourth-order valence-electron chi connectivity index (χ4n) is 1.09. The Balaban J connectivity index is 0. The number of hydrogen-bond donors (Lipinski definition) is 1. The molecular weight excluding hydrogens is 218 g/mol. The zero-order chi connectivity index (χ0) is 9.23. The van der Waals surface area contributed by atoms with E-state index in [1.807, 2.05) is 0 Å². The van der Waals surface area contributed by atoms with Crippen LogP contribution in [0.25, 0.3) is 0 Å². The fraction of sp³-hybridized carbons (Fsp3) is 0.889. The van der Waals surface area contributed by atoms with Gasteiger partial charge in [-0.15, -0.1) is 0 Å². The number of carbonyl (C=O) groups is 1. The third-order valence-electron chi connectivity index (χ3n) is 1.82. The molecule has 2 N–H and O–H groups in total. The molecule has 0 amide bonds. The van der Waals surface area contributed by atoms with Crippen molar-refractivity contribution in [3.05, 3.63) is 0 Å². The maximum absolute atomic E-state index is 9.85. The molecule has 83 valence electrons. The second-order valence-electron chi connectivity index (χ2n) is 2.97. The molecule has 0 bridgehead atoms. The van der Waals surface area contributed by atoms with Gasteiger partial charge in [-0.2, -0.15) is 0 Å². The van der Waals surface area contributed by atoms with Crippen LogP contribution in [0, 0.1) is 0 Å². The monoisotopic (exact) mass is 236 g/mol. The van der Waals surface area contributed by atoms with Crippen molar-refractivity contribution in [3.63, 3.8) is 0 Å². The zero-order valence-electron chi connectivity index (χ0n) is 8.09. The van der Waals surface area contributed by atoms with E-state index in [0.29, 0.717) is 6.47 Å². The summed E-state index contributed by atoms with van der Waals surface area (Å²) in [5.41, 5.74) is 5.45. The molecule has 3 nitrogen and oxygen atoms in total. The van der Waals surface area contributed by atoms with Crippen molar-refractivity contribution in [2.45, 2.75) is 51.7 Å². The Kier molecular flexibility index (Phi) is 14.2. The molecule has 1 radical (unpaired) electrons. The molecule has 0 aliphatic carbocycles. The van der Waals surface area contributed by atoms with Crippen molar-refractivity contribution in [2.75, 3.05) is 0 Å². The van der Waals surface area contributed by atoms with Gasteiger partial charge in [-0.1, -0.05) is 32.6 Å². The summed E-state index contributed by atoms with van der Waals surface area (Å²) in [7, 11) is 0. The Morgan fingerprint density at radius 1 is 1.31 bits per heavy atom. The van der Waals surface area contributed by atoms with E-state index in [0.717, 1.165) is 12.8 Å². The minimum atomic E-state index is -0.399. The second-order valence-corrected chi connectivity index (χ2v) is 2.97. The van der Waals surface area contributed by atoms with Crippen LogP contribution in [0.15, 0.2) is 0 Å². The summed E-state index contributed by atoms with van der Waals surface area (Å²) in [6, 6.07) is 0. The van der Waals surface area contributed by atoms with Crippen LogP contribution in [0.4, 0.5) is 0 Å². The smallest absolute Gasteiger partial charge is 0.294 e. The van der Waals surface area contributed by atoms with Crippen molar-refractivity contribution in [1.82, 2.24) is 0 Å². The molecule has 1 unspecified atom stereocenters. The van der Waals surface area contributed by atoms with E-state index in [4.69, 9.17) is 5.73 Å². The van der Waals surface area contributed by atoms with Crippen LogP contribution in [0.3, 0.4) is 0 Å². The van der Waals surface area contributed by atoms with Gasteiger partial charge in [0.15, 0.2) is 6.23 Å². The van der Waals surface area contributed by atoms with Gasteiger partial charge in [0.1, 0.15) is 0 Å². The van der Waals surface area contributed by atoms with Crippen LogP contribution in [0.5, 0.6) is 0 Å². The summed E-state index contributed by atoms with van der Waals surface area (Å²) in [5, 5.41) is 0. The Labute approximate surface area is 90.9 Å². The molecule has 13 heavy (non-hydrogen) atoms. The zero-order valence-corrected chi connectivity index (χ0v) is 9.03. The molecule has 0 aromatic carbocycles. The number of hydrogen-bond acceptors (Lipinski definition) is 3. The number of ether oxygens (including phenoxy) is 1. The molecule has 0 aliphatic heterocycles. The van der Waals surface area contributed by atoms with Crippen molar-refractivity contribution < 1.29 is 26.6 Å². The van der Waals surface area contributed by atoms with E-state index in [1.54, 1.807) is 0 Å². The van der Waals surface area contributed by atoms with Crippen LogP contribution in [0.2, 0.25) is 0 Å². The maximum atomic E-state index is 9.85. The van der Waals surface area contributed by atoms with Gasteiger partial charge in [-0.3, -0.25) is 10.5 Å². The first-order valence-corrected chi connectivity index (χ1v) is 4.66. The Bertz CT molecular complexity index is 112. The number of unbranched alkanes of at least 4 members (excludes halogenated alkanes) is 4. The first-order chi connectivity index (χ1) is 5.81. The van der Waals surface area contributed by atoms with Crippen molar-refractivity contribution >= 4 is 6.47 Å². The molecule has 4 heteroatoms. The van der Waals surface area contributed by atoms with E-state index in [9.17, 15) is 4.79 Å². The van der Waals surface area contributed by atoms with Gasteiger partial charge < -0.3 is 4.74 Å². The minimum Gasteiger partial charge on any atom is -0.449 e. The molecule has 0 aromatic rings. The topological polar surface area (TPSA) is 52.3 Å². The molecular formula is C9H19CuNO2. The van der Waals surface area contributed by atoms with Crippen molar-refractivity contribution in [1.29, 1.82) is 0 Å². The summed E-state index contributed by atoms with van der Waals surface area (Å²) in [6.45, 7) is 2.60. The molecule has 0 spiro atoms. The van der Waals surface area contributed by atoms with Gasteiger partial charge in [0, 0.05) is 17.1 Å². The molecule has 0 heterocycles. The summed E-state index contributed by atoms with van der Waals surface area (Å²) in [5.74, 6) is 0.